The number of carbonyl (C=O) groups is 1. The Balaban J connectivity index is 1.72. The minimum Gasteiger partial charge on any atom is -0.491 e. The predicted molar refractivity (Wildman–Crippen MR) is 145 cm³/mol. The summed E-state index contributed by atoms with van der Waals surface area (Å²) >= 11 is 6.55. The highest BCUT2D eigenvalue weighted by atomic mass is 35.5. The number of aromatic nitrogens is 2. The van der Waals surface area contributed by atoms with Crippen LogP contribution in [0.15, 0.2) is 23.9 Å². The van der Waals surface area contributed by atoms with Crippen LogP contribution >= 0.6 is 11.6 Å². The molecule has 1 spiro atoms. The second kappa shape index (κ2) is 11.0. The zero-order chi connectivity index (χ0) is 28.7. The zero-order valence-corrected chi connectivity index (χ0v) is 23.1. The van der Waals surface area contributed by atoms with Gasteiger partial charge in [0.2, 0.25) is 0 Å². The Kier molecular flexibility index (Phi) is 8.18. The summed E-state index contributed by atoms with van der Waals surface area (Å²) in [5.74, 6) is 0.935. The first-order valence-corrected chi connectivity index (χ1v) is 13.0. The monoisotopic (exact) mass is 565 g/mol. The molecule has 2 aromatic rings. The lowest BCUT2D eigenvalue weighted by molar-refractivity contribution is -0.209. The number of Topliss-reactive ketones (excluding diaryl/α,β-unsaturated/α-hetero) is 1. The second-order valence-corrected chi connectivity index (χ2v) is 11.1. The van der Waals surface area contributed by atoms with Crippen LogP contribution in [0.3, 0.4) is 0 Å². The number of benzene rings is 1. The molecule has 4 rings (SSSR count). The first kappa shape index (κ1) is 29.1. The van der Waals surface area contributed by atoms with Gasteiger partial charge in [-0.15, -0.1) is 0 Å². The number of nitrogens with zero attached hydrogens (tertiary/aromatic N) is 3. The number of ether oxygens (including phenoxy) is 1. The van der Waals surface area contributed by atoms with Crippen LogP contribution in [0.25, 0.3) is 17.0 Å². The van der Waals surface area contributed by atoms with Crippen LogP contribution in [-0.4, -0.2) is 77.4 Å². The fourth-order valence-electron chi connectivity index (χ4n) is 5.60. The predicted octanol–water partition coefficient (Wildman–Crippen LogP) is 2.94. The van der Waals surface area contributed by atoms with Crippen molar-refractivity contribution >= 4 is 28.8 Å². The minimum atomic E-state index is -2.79. The number of hydrogen-bond acceptors (Lipinski definition) is 9. The average molecular weight is 566 g/mol. The molecular formula is C27H34ClF2N5O4. The number of aliphatic hydroxyl groups excluding tert-OH is 1. The molecule has 1 aromatic carbocycles. The highest BCUT2D eigenvalue weighted by Gasteiger charge is 2.63. The minimum absolute atomic E-state index is 0.0170. The van der Waals surface area contributed by atoms with E-state index in [0.29, 0.717) is 58.7 Å². The van der Waals surface area contributed by atoms with Gasteiger partial charge >= 0.3 is 0 Å². The van der Waals surface area contributed by atoms with E-state index >= 15 is 0 Å². The molecule has 2 heterocycles. The fraction of sp³-hybridized carbons (Fsp3) is 0.519. The number of hydrogen-bond donors (Lipinski definition) is 4. The van der Waals surface area contributed by atoms with E-state index in [9.17, 15) is 23.8 Å². The standard InChI is InChI=1S/C27H34ClF2N5O4/c1-14-22(21(15(2)31)16(3)36)33-23(19-7-18(5-6-20(19)28)39-9-17(37)8-32-4)34-24(14)35-12-26(13-35)10-27(38,11-26)25(29)30/h5-7,17,25,32,37-38H,8-13,31H2,1-4H3/t17-/m1/s1. The van der Waals surface area contributed by atoms with Crippen LogP contribution in [0.2, 0.25) is 5.02 Å². The topological polar surface area (TPSA) is 134 Å². The third-order valence-corrected chi connectivity index (χ3v) is 7.61. The number of allylic oxidation sites excluding steroid dienone is 2. The molecule has 5 N–H and O–H groups in total. The molecule has 0 bridgehead atoms. The molecule has 9 nitrogen and oxygen atoms in total. The van der Waals surface area contributed by atoms with E-state index in [2.05, 4.69) is 5.32 Å². The van der Waals surface area contributed by atoms with Gasteiger partial charge in [-0.2, -0.15) is 0 Å². The van der Waals surface area contributed by atoms with Crippen LogP contribution in [0.4, 0.5) is 14.6 Å². The van der Waals surface area contributed by atoms with Crippen molar-refractivity contribution in [1.82, 2.24) is 15.3 Å². The van der Waals surface area contributed by atoms with Crippen LogP contribution < -0.4 is 20.7 Å². The number of ketones is 1. The van der Waals surface area contributed by atoms with Gasteiger partial charge in [-0.3, -0.25) is 4.79 Å². The number of carbonyl (C=O) groups excluding carboxylic acids is 1. The average Bonchev–Trinajstić information content (AvgIpc) is 2.81. The Labute approximate surface area is 231 Å². The smallest absolute Gasteiger partial charge is 0.266 e. The number of rotatable bonds is 10. The second-order valence-electron chi connectivity index (χ2n) is 10.7. The zero-order valence-electron chi connectivity index (χ0n) is 22.4. The molecule has 1 aromatic heterocycles. The van der Waals surface area contributed by atoms with Crippen molar-refractivity contribution in [2.24, 2.45) is 11.1 Å². The van der Waals surface area contributed by atoms with Gasteiger partial charge in [0.05, 0.1) is 16.3 Å². The molecule has 1 saturated carbocycles. The van der Waals surface area contributed by atoms with E-state index in [1.807, 2.05) is 4.90 Å². The normalized spacial score (nSPS) is 18.9. The molecule has 1 atom stereocenters. The fourth-order valence-corrected chi connectivity index (χ4v) is 5.80. The lowest BCUT2D eigenvalue weighted by Crippen LogP contribution is -2.70. The molecule has 1 saturated heterocycles. The van der Waals surface area contributed by atoms with E-state index in [0.717, 1.165) is 0 Å². The van der Waals surface area contributed by atoms with Crippen molar-refractivity contribution in [2.45, 2.75) is 51.7 Å². The van der Waals surface area contributed by atoms with E-state index in [-0.39, 0.29) is 36.6 Å². The van der Waals surface area contributed by atoms with Gasteiger partial charge in [0.1, 0.15) is 29.9 Å². The maximum atomic E-state index is 13.2. The number of anilines is 1. The summed E-state index contributed by atoms with van der Waals surface area (Å²) in [6.07, 6.45) is -3.47. The van der Waals surface area contributed by atoms with Crippen molar-refractivity contribution in [2.75, 3.05) is 38.2 Å². The molecule has 0 amide bonds. The first-order chi connectivity index (χ1) is 18.3. The van der Waals surface area contributed by atoms with Crippen molar-refractivity contribution < 1.29 is 28.5 Å². The molecule has 2 fully saturated rings. The summed E-state index contributed by atoms with van der Waals surface area (Å²) in [4.78, 5) is 24.0. The maximum absolute atomic E-state index is 13.2. The highest BCUT2D eigenvalue weighted by Crippen LogP contribution is 2.57. The van der Waals surface area contributed by atoms with Crippen molar-refractivity contribution in [3.05, 3.63) is 40.2 Å². The third kappa shape index (κ3) is 5.72. The molecule has 212 valence electrons. The molecule has 1 aliphatic heterocycles. The number of nitrogens with one attached hydrogen (secondary N) is 1. The Morgan fingerprint density at radius 2 is 1.95 bits per heavy atom. The largest absolute Gasteiger partial charge is 0.491 e. The highest BCUT2D eigenvalue weighted by molar-refractivity contribution is 6.33. The Morgan fingerprint density at radius 1 is 1.28 bits per heavy atom. The van der Waals surface area contributed by atoms with Crippen molar-refractivity contribution in [1.29, 1.82) is 0 Å². The molecule has 12 heteroatoms. The van der Waals surface area contributed by atoms with Gasteiger partial charge in [-0.05, 0) is 58.9 Å². The molecule has 0 radical (unpaired) electrons. The lowest BCUT2D eigenvalue weighted by atomic mass is 9.55. The number of likely N-dealkylation sites (N-methyl/N-ethyl adjacent to an activating group) is 1. The van der Waals surface area contributed by atoms with Crippen LogP contribution in [0.1, 0.15) is 37.9 Å². The summed E-state index contributed by atoms with van der Waals surface area (Å²) in [6, 6.07) is 4.96. The van der Waals surface area contributed by atoms with Gasteiger partial charge in [0, 0.05) is 41.9 Å². The van der Waals surface area contributed by atoms with E-state index < -0.39 is 23.5 Å². The van der Waals surface area contributed by atoms with E-state index in [1.54, 1.807) is 39.1 Å². The molecule has 1 aliphatic carbocycles. The molecule has 0 unspecified atom stereocenters. The number of halogens is 3. The number of alkyl halides is 2. The third-order valence-electron chi connectivity index (χ3n) is 7.28. The maximum Gasteiger partial charge on any atom is 0.266 e. The van der Waals surface area contributed by atoms with Crippen LogP contribution in [0, 0.1) is 12.3 Å². The molecule has 2 aliphatic rings. The number of nitrogens with two attached hydrogens (primary N) is 1. The van der Waals surface area contributed by atoms with Gasteiger partial charge in [0.25, 0.3) is 6.43 Å². The SMILES string of the molecule is CNC[C@@H](O)COc1ccc(Cl)c(-c2nc(C(C(C)=O)=C(C)N)c(C)c(N3CC4(C3)CC(O)(C(F)F)C4)n2)c1. The summed E-state index contributed by atoms with van der Waals surface area (Å²) in [5, 5.41) is 23.3. The molecular weight excluding hydrogens is 532 g/mol. The van der Waals surface area contributed by atoms with Gasteiger partial charge in [-0.1, -0.05) is 11.6 Å². The summed E-state index contributed by atoms with van der Waals surface area (Å²) in [5.41, 5.74) is 5.70. The van der Waals surface area contributed by atoms with Gasteiger partial charge < -0.3 is 30.9 Å². The van der Waals surface area contributed by atoms with Gasteiger partial charge in [0.15, 0.2) is 11.6 Å². The van der Waals surface area contributed by atoms with Gasteiger partial charge in [-0.25, -0.2) is 18.7 Å². The van der Waals surface area contributed by atoms with E-state index in [4.69, 9.17) is 32.0 Å². The quantitative estimate of drug-likeness (QED) is 0.321. The summed E-state index contributed by atoms with van der Waals surface area (Å²) in [7, 11) is 1.73. The number of aliphatic hydroxyl groups is 2. The Hall–Kier alpha value is -2.86. The van der Waals surface area contributed by atoms with Crippen LogP contribution in [0.5, 0.6) is 5.75 Å². The van der Waals surface area contributed by atoms with Crippen molar-refractivity contribution in [3.63, 3.8) is 0 Å². The first-order valence-electron chi connectivity index (χ1n) is 12.7. The Morgan fingerprint density at radius 3 is 2.51 bits per heavy atom. The Bertz CT molecular complexity index is 1290. The van der Waals surface area contributed by atoms with Crippen LogP contribution in [-0.2, 0) is 4.79 Å². The lowest BCUT2D eigenvalue weighted by Gasteiger charge is -2.62. The summed E-state index contributed by atoms with van der Waals surface area (Å²) in [6.45, 7) is 6.08. The molecule has 39 heavy (non-hydrogen) atoms. The van der Waals surface area contributed by atoms with Crippen molar-refractivity contribution in [3.8, 4) is 17.1 Å². The van der Waals surface area contributed by atoms with E-state index in [1.165, 1.54) is 6.92 Å². The summed E-state index contributed by atoms with van der Waals surface area (Å²) < 4.78 is 32.2.